The number of ether oxygens (including phenoxy) is 1. The minimum atomic E-state index is 0.289. The summed E-state index contributed by atoms with van der Waals surface area (Å²) in [5.74, 6) is 2.08. The number of benzene rings is 1. The first kappa shape index (κ1) is 13.7. The van der Waals surface area contributed by atoms with Gasteiger partial charge in [0.2, 0.25) is 5.91 Å². The van der Waals surface area contributed by atoms with Crippen molar-refractivity contribution in [2.24, 2.45) is 0 Å². The zero-order valence-electron chi connectivity index (χ0n) is 10.3. The maximum Gasteiger partial charge on any atom is 0.222 e. The second kappa shape index (κ2) is 6.48. The van der Waals surface area contributed by atoms with Crippen molar-refractivity contribution >= 4 is 33.6 Å². The highest BCUT2D eigenvalue weighted by atomic mass is 79.9. The average Bonchev–Trinajstić information content (AvgIpc) is 2.76. The molecule has 0 unspecified atom stereocenters. The SMILES string of the molecule is COc1ccc(Br)cc1SCCN1CCCC1=O. The predicted molar refractivity (Wildman–Crippen MR) is 77.2 cm³/mol. The Balaban J connectivity index is 1.89. The zero-order valence-corrected chi connectivity index (χ0v) is 12.7. The normalized spacial score (nSPS) is 15.2. The molecule has 98 valence electrons. The summed E-state index contributed by atoms with van der Waals surface area (Å²) >= 11 is 5.19. The van der Waals surface area contributed by atoms with Gasteiger partial charge in [0.05, 0.1) is 12.0 Å². The molecule has 18 heavy (non-hydrogen) atoms. The molecule has 1 amide bonds. The van der Waals surface area contributed by atoms with E-state index in [4.69, 9.17) is 4.74 Å². The fourth-order valence-corrected chi connectivity index (χ4v) is 3.52. The van der Waals surface area contributed by atoms with Gasteiger partial charge in [0.25, 0.3) is 0 Å². The Labute approximate surface area is 120 Å². The molecule has 1 aliphatic rings. The molecule has 1 aromatic rings. The molecular weight excluding hydrogens is 314 g/mol. The molecule has 0 bridgehead atoms. The molecule has 0 N–H and O–H groups in total. The first-order chi connectivity index (χ1) is 8.70. The van der Waals surface area contributed by atoms with Crippen LogP contribution in [0.4, 0.5) is 0 Å². The van der Waals surface area contributed by atoms with Crippen molar-refractivity contribution in [3.8, 4) is 5.75 Å². The van der Waals surface area contributed by atoms with Gasteiger partial charge in [-0.1, -0.05) is 15.9 Å². The fraction of sp³-hybridized carbons (Fsp3) is 0.462. The molecule has 1 heterocycles. The van der Waals surface area contributed by atoms with E-state index in [1.165, 1.54) is 0 Å². The van der Waals surface area contributed by atoms with Crippen LogP contribution < -0.4 is 4.74 Å². The number of halogens is 1. The number of amides is 1. The van der Waals surface area contributed by atoms with Gasteiger partial charge < -0.3 is 9.64 Å². The fourth-order valence-electron chi connectivity index (χ4n) is 1.97. The number of methoxy groups -OCH3 is 1. The number of hydrogen-bond donors (Lipinski definition) is 0. The van der Waals surface area contributed by atoms with E-state index < -0.39 is 0 Å². The lowest BCUT2D eigenvalue weighted by molar-refractivity contribution is -0.127. The van der Waals surface area contributed by atoms with Crippen molar-refractivity contribution in [2.75, 3.05) is 26.0 Å². The van der Waals surface area contributed by atoms with Gasteiger partial charge in [-0.2, -0.15) is 0 Å². The van der Waals surface area contributed by atoms with E-state index in [-0.39, 0.29) is 5.91 Å². The highest BCUT2D eigenvalue weighted by Crippen LogP contribution is 2.32. The maximum absolute atomic E-state index is 11.5. The minimum Gasteiger partial charge on any atom is -0.496 e. The summed E-state index contributed by atoms with van der Waals surface area (Å²) in [5, 5.41) is 0. The third-order valence-electron chi connectivity index (χ3n) is 2.92. The van der Waals surface area contributed by atoms with E-state index in [1.54, 1.807) is 18.9 Å². The Morgan fingerprint density at radius 1 is 1.50 bits per heavy atom. The number of rotatable bonds is 5. The quantitative estimate of drug-likeness (QED) is 0.777. The summed E-state index contributed by atoms with van der Waals surface area (Å²) in [4.78, 5) is 14.5. The molecule has 2 rings (SSSR count). The Kier molecular flexibility index (Phi) is 4.95. The molecule has 0 atom stereocenters. The van der Waals surface area contributed by atoms with Crippen LogP contribution in [0, 0.1) is 0 Å². The van der Waals surface area contributed by atoms with Crippen LogP contribution in [0.1, 0.15) is 12.8 Å². The van der Waals surface area contributed by atoms with E-state index in [0.29, 0.717) is 6.42 Å². The summed E-state index contributed by atoms with van der Waals surface area (Å²) in [5.41, 5.74) is 0. The molecule has 1 aliphatic heterocycles. The minimum absolute atomic E-state index is 0.289. The van der Waals surface area contributed by atoms with Crippen molar-refractivity contribution in [3.05, 3.63) is 22.7 Å². The van der Waals surface area contributed by atoms with Crippen molar-refractivity contribution in [1.82, 2.24) is 4.90 Å². The Bertz CT molecular complexity index is 439. The summed E-state index contributed by atoms with van der Waals surface area (Å²) in [7, 11) is 1.68. The Morgan fingerprint density at radius 2 is 2.33 bits per heavy atom. The van der Waals surface area contributed by atoms with Crippen LogP contribution >= 0.6 is 27.7 Å². The molecular formula is C13H16BrNO2S. The van der Waals surface area contributed by atoms with Gasteiger partial charge in [-0.3, -0.25) is 4.79 Å². The third kappa shape index (κ3) is 3.42. The topological polar surface area (TPSA) is 29.5 Å². The third-order valence-corrected chi connectivity index (χ3v) is 4.43. The molecule has 0 radical (unpaired) electrons. The van der Waals surface area contributed by atoms with Crippen LogP contribution in [0.15, 0.2) is 27.6 Å². The molecule has 1 fully saturated rings. The number of carbonyl (C=O) groups excluding carboxylic acids is 1. The molecule has 0 aliphatic carbocycles. The highest BCUT2D eigenvalue weighted by Gasteiger charge is 2.19. The maximum atomic E-state index is 11.5. The second-order valence-corrected chi connectivity index (χ2v) is 6.18. The van der Waals surface area contributed by atoms with Crippen molar-refractivity contribution < 1.29 is 9.53 Å². The molecule has 5 heteroatoms. The molecule has 3 nitrogen and oxygen atoms in total. The van der Waals surface area contributed by atoms with Crippen LogP contribution in [0.5, 0.6) is 5.75 Å². The van der Waals surface area contributed by atoms with E-state index in [2.05, 4.69) is 22.0 Å². The summed E-state index contributed by atoms with van der Waals surface area (Å²) in [6.45, 7) is 1.73. The summed E-state index contributed by atoms with van der Waals surface area (Å²) in [6.07, 6.45) is 1.72. The van der Waals surface area contributed by atoms with E-state index in [1.807, 2.05) is 17.0 Å². The smallest absolute Gasteiger partial charge is 0.222 e. The first-order valence-corrected chi connectivity index (χ1v) is 7.72. The molecule has 0 spiro atoms. The largest absolute Gasteiger partial charge is 0.496 e. The second-order valence-electron chi connectivity index (χ2n) is 4.13. The van der Waals surface area contributed by atoms with Crippen LogP contribution in [0.3, 0.4) is 0 Å². The van der Waals surface area contributed by atoms with Crippen LogP contribution in [0.2, 0.25) is 0 Å². The lowest BCUT2D eigenvalue weighted by atomic mass is 10.3. The highest BCUT2D eigenvalue weighted by molar-refractivity contribution is 9.10. The van der Waals surface area contributed by atoms with Gasteiger partial charge in [0.15, 0.2) is 0 Å². The molecule has 0 saturated carbocycles. The van der Waals surface area contributed by atoms with E-state index in [9.17, 15) is 4.79 Å². The number of thioether (sulfide) groups is 1. The average molecular weight is 330 g/mol. The summed E-state index contributed by atoms with van der Waals surface area (Å²) in [6, 6.07) is 5.97. The van der Waals surface area contributed by atoms with Gasteiger partial charge in [-0.15, -0.1) is 11.8 Å². The first-order valence-electron chi connectivity index (χ1n) is 5.95. The van der Waals surface area contributed by atoms with Gasteiger partial charge in [-0.25, -0.2) is 0 Å². The van der Waals surface area contributed by atoms with Crippen LogP contribution in [0.25, 0.3) is 0 Å². The lowest BCUT2D eigenvalue weighted by Crippen LogP contribution is -2.26. The Morgan fingerprint density at radius 3 is 3.00 bits per heavy atom. The van der Waals surface area contributed by atoms with Gasteiger partial charge >= 0.3 is 0 Å². The number of likely N-dealkylation sites (tertiary alicyclic amines) is 1. The standard InChI is InChI=1S/C13H16BrNO2S/c1-17-11-5-4-10(14)9-12(11)18-8-7-15-6-2-3-13(15)16/h4-5,9H,2-3,6-8H2,1H3. The summed E-state index contributed by atoms with van der Waals surface area (Å²) < 4.78 is 6.37. The van der Waals surface area contributed by atoms with Crippen molar-refractivity contribution in [3.63, 3.8) is 0 Å². The van der Waals surface area contributed by atoms with Crippen LogP contribution in [-0.2, 0) is 4.79 Å². The zero-order chi connectivity index (χ0) is 13.0. The van der Waals surface area contributed by atoms with Gasteiger partial charge in [-0.05, 0) is 24.6 Å². The van der Waals surface area contributed by atoms with Crippen LogP contribution in [-0.4, -0.2) is 36.8 Å². The van der Waals surface area contributed by atoms with E-state index in [0.717, 1.165) is 40.4 Å². The lowest BCUT2D eigenvalue weighted by Gasteiger charge is -2.15. The monoisotopic (exact) mass is 329 g/mol. The molecule has 0 aromatic heterocycles. The molecule has 1 saturated heterocycles. The molecule has 1 aromatic carbocycles. The number of carbonyl (C=O) groups is 1. The van der Waals surface area contributed by atoms with Gasteiger partial charge in [0, 0.05) is 29.7 Å². The predicted octanol–water partition coefficient (Wildman–Crippen LogP) is 3.17. The number of nitrogens with zero attached hydrogens (tertiary/aromatic N) is 1. The van der Waals surface area contributed by atoms with Crippen molar-refractivity contribution in [1.29, 1.82) is 0 Å². The van der Waals surface area contributed by atoms with Gasteiger partial charge in [0.1, 0.15) is 5.75 Å². The van der Waals surface area contributed by atoms with Crippen molar-refractivity contribution in [2.45, 2.75) is 17.7 Å². The number of hydrogen-bond acceptors (Lipinski definition) is 3. The Hall–Kier alpha value is -0.680. The van der Waals surface area contributed by atoms with E-state index >= 15 is 0 Å².